The fourth-order valence-corrected chi connectivity index (χ4v) is 0. The monoisotopic (exact) mass is 165 g/mol. The van der Waals surface area contributed by atoms with E-state index in [9.17, 15) is 4.53 Å². The van der Waals surface area contributed by atoms with Gasteiger partial charge in [-0.15, -0.1) is 0 Å². The normalized spacial score (nSPS) is 8.11. The van der Waals surface area contributed by atoms with Crippen LogP contribution in [0.3, 0.4) is 0 Å². The Balaban J connectivity index is -0.000000109. The largest absolute Gasteiger partial charge is 1.00 e. The van der Waals surface area contributed by atoms with Gasteiger partial charge in [0.25, 0.3) is 0 Å². The second-order valence-electron chi connectivity index (χ2n) is 0.560. The average molecular weight is 165 g/mol. The molecule has 0 aromatic heterocycles. The van der Waals surface area contributed by atoms with Gasteiger partial charge < -0.3 is 21.6 Å². The van der Waals surface area contributed by atoms with Gasteiger partial charge in [-0.05, 0) is 4.53 Å². The summed E-state index contributed by atoms with van der Waals surface area (Å²) >= 11 is 0. The van der Waals surface area contributed by atoms with Crippen molar-refractivity contribution >= 4 is 7.82 Å². The molecule has 2 N–H and O–H groups in total. The molecule has 0 aliphatic rings. The summed E-state index contributed by atoms with van der Waals surface area (Å²) in [6, 6.07) is 0. The van der Waals surface area contributed by atoms with Gasteiger partial charge in [0.1, 0.15) is 0 Å². The molecule has 0 aliphatic carbocycles. The average Bonchev–Trinajstić information content (AvgIpc) is 1.71. The van der Waals surface area contributed by atoms with Crippen LogP contribution in [0.25, 0.3) is 0 Å². The van der Waals surface area contributed by atoms with Gasteiger partial charge >= 0.3 is 37.4 Å². The zero-order valence-corrected chi connectivity index (χ0v) is 7.38. The number of rotatable bonds is 1. The maximum Gasteiger partial charge on any atom is 1.00 e. The van der Waals surface area contributed by atoms with Gasteiger partial charge in [-0.2, -0.15) is 0 Å². The van der Waals surface area contributed by atoms with Gasteiger partial charge in [-0.25, -0.2) is 4.57 Å². The van der Waals surface area contributed by atoms with Crippen molar-refractivity contribution in [2.24, 2.45) is 0 Å². The second-order valence-corrected chi connectivity index (χ2v) is 1.68. The van der Waals surface area contributed by atoms with E-state index in [1.165, 1.54) is 0 Å². The smallest absolute Gasteiger partial charge is 0.512 e. The van der Waals surface area contributed by atoms with E-state index in [0.717, 1.165) is 0 Å². The van der Waals surface area contributed by atoms with Crippen molar-refractivity contribution in [2.45, 2.75) is 0 Å². The molecule has 8 heteroatoms. The Morgan fingerprint density at radius 1 is 1.56 bits per heavy atom. The summed E-state index contributed by atoms with van der Waals surface area (Å²) in [6.45, 7) is 4.75. The molecule has 0 unspecified atom stereocenters. The zero-order valence-electron chi connectivity index (χ0n) is 4.48. The molecule has 0 saturated carbocycles. The molecule has 0 radical (unpaired) electrons. The fraction of sp³-hybridized carbons (Fsp3) is 0. The predicted molar refractivity (Wildman–Crippen MR) is 19.2 cm³/mol. The maximum atomic E-state index is 10.2. The first-order valence-corrected chi connectivity index (χ1v) is 2.67. The Hall–Kier alpha value is 0.530. The fourth-order valence-electron chi connectivity index (χ4n) is 0. The van der Waals surface area contributed by atoms with E-state index in [-0.39, 0.29) is 29.6 Å². The number of phosphoric acid groups is 1. The second kappa shape index (κ2) is 8.53. The Morgan fingerprint density at radius 3 is 1.67 bits per heavy atom. The third-order valence-corrected chi connectivity index (χ3v) is 0.270. The van der Waals surface area contributed by atoms with Crippen molar-refractivity contribution in [1.29, 1.82) is 5.26 Å². The molecule has 48 valence electrons. The molecular weight excluding hydrogens is 163 g/mol. The third kappa shape index (κ3) is 29.2. The molecule has 0 heterocycles. The van der Waals surface area contributed by atoms with Crippen LogP contribution in [0.1, 0.15) is 0 Å². The summed E-state index contributed by atoms with van der Waals surface area (Å²) in [5.41, 5.74) is 0. The van der Waals surface area contributed by atoms with Gasteiger partial charge in [0.2, 0.25) is 0 Å². The van der Waals surface area contributed by atoms with Crippen LogP contribution in [0.4, 0.5) is 4.53 Å². The van der Waals surface area contributed by atoms with Gasteiger partial charge in [0.15, 0.2) is 0 Å². The van der Waals surface area contributed by atoms with Crippen LogP contribution < -0.4 is 29.6 Å². The standard InChI is InChI=1S/CN.FH2O4P.Na/c1-2;1-5-6(2,3)4;/h;(H2,2,3,4);/q-1;;+1. The first-order chi connectivity index (χ1) is 3.56. The quantitative estimate of drug-likeness (QED) is 0.247. The number of hydrogen-bond donors (Lipinski definition) is 2. The minimum absolute atomic E-state index is 0. The van der Waals surface area contributed by atoms with Crippen LogP contribution in [0, 0.1) is 11.8 Å². The van der Waals surface area contributed by atoms with Crippen LogP contribution in [-0.2, 0) is 9.29 Å². The van der Waals surface area contributed by atoms with Gasteiger partial charge in [0, 0.05) is 0 Å². The minimum atomic E-state index is -4.81. The Labute approximate surface area is 72.9 Å². The molecule has 0 amide bonds. The number of hydrogen-bond acceptors (Lipinski definition) is 3. The molecule has 0 atom stereocenters. The number of halogens is 1. The first kappa shape index (κ1) is 16.3. The summed E-state index contributed by atoms with van der Waals surface area (Å²) in [7, 11) is -4.81. The first-order valence-electron chi connectivity index (χ1n) is 1.14. The molecule has 0 aromatic rings. The topological polar surface area (TPSA) is 90.6 Å². The predicted octanol–water partition coefficient (Wildman–Crippen LogP) is -2.92. The Kier molecular flexibility index (Phi) is 15.4. The van der Waals surface area contributed by atoms with Crippen molar-refractivity contribution in [2.75, 3.05) is 0 Å². The third-order valence-electron chi connectivity index (χ3n) is 0.0899. The summed E-state index contributed by atoms with van der Waals surface area (Å²) in [5, 5.41) is 6.25. The van der Waals surface area contributed by atoms with Crippen molar-refractivity contribution in [3.63, 3.8) is 0 Å². The summed E-state index contributed by atoms with van der Waals surface area (Å²) in [4.78, 5) is 14.7. The number of nitrogens with zero attached hydrogens (tertiary/aromatic N) is 1. The van der Waals surface area contributed by atoms with Gasteiger partial charge in [-0.3, -0.25) is 0 Å². The van der Waals surface area contributed by atoms with Crippen LogP contribution in [0.15, 0.2) is 0 Å². The Bertz CT molecular complexity index is 110. The summed E-state index contributed by atoms with van der Waals surface area (Å²) < 4.78 is 21.4. The van der Waals surface area contributed by atoms with E-state index >= 15 is 0 Å². The molecule has 9 heavy (non-hydrogen) atoms. The molecule has 5 nitrogen and oxygen atoms in total. The van der Waals surface area contributed by atoms with Crippen LogP contribution >= 0.6 is 7.82 Å². The van der Waals surface area contributed by atoms with E-state index in [0.29, 0.717) is 0 Å². The minimum Gasteiger partial charge on any atom is -0.512 e. The molecular formula is CH2FNNaO4P. The molecule has 0 bridgehead atoms. The van der Waals surface area contributed by atoms with Gasteiger partial charge in [-0.1, -0.05) is 4.73 Å². The molecule has 0 spiro atoms. The van der Waals surface area contributed by atoms with E-state index < -0.39 is 7.82 Å². The van der Waals surface area contributed by atoms with E-state index in [1.54, 1.807) is 0 Å². The van der Waals surface area contributed by atoms with Crippen molar-refractivity contribution in [3.05, 3.63) is 6.57 Å². The van der Waals surface area contributed by atoms with Crippen LogP contribution in [-0.4, -0.2) is 9.79 Å². The van der Waals surface area contributed by atoms with Crippen LogP contribution in [0.2, 0.25) is 0 Å². The van der Waals surface area contributed by atoms with E-state index in [2.05, 4.69) is 4.73 Å². The van der Waals surface area contributed by atoms with Crippen molar-refractivity contribution in [1.82, 2.24) is 0 Å². The summed E-state index contributed by atoms with van der Waals surface area (Å²) in [5.74, 6) is 0. The van der Waals surface area contributed by atoms with Gasteiger partial charge in [0.05, 0.1) is 0 Å². The Morgan fingerprint density at radius 2 is 1.67 bits per heavy atom. The van der Waals surface area contributed by atoms with Crippen molar-refractivity contribution in [3.8, 4) is 0 Å². The summed E-state index contributed by atoms with van der Waals surface area (Å²) in [6.07, 6.45) is 0. The molecule has 0 rings (SSSR count). The van der Waals surface area contributed by atoms with Crippen LogP contribution in [0.5, 0.6) is 0 Å². The maximum absolute atomic E-state index is 10.2. The van der Waals surface area contributed by atoms with Crippen molar-refractivity contribution < 1.29 is 53.2 Å². The molecule has 0 fully saturated rings. The molecule has 0 aromatic carbocycles. The van der Waals surface area contributed by atoms with E-state index in [4.69, 9.17) is 26.2 Å². The zero-order chi connectivity index (χ0) is 7.21. The molecule has 0 aliphatic heterocycles. The SMILES string of the molecule is O=P(O)(O)OF.[C-]#N.[Na+]. The molecule has 0 saturated heterocycles. The van der Waals surface area contributed by atoms with E-state index in [1.807, 2.05) is 0 Å².